The van der Waals surface area contributed by atoms with Gasteiger partial charge in [-0.3, -0.25) is 14.9 Å². The first-order valence-corrected chi connectivity index (χ1v) is 22.1. The molecule has 16 nitrogen and oxygen atoms in total. The highest BCUT2D eigenvalue weighted by molar-refractivity contribution is 5.92. The summed E-state index contributed by atoms with van der Waals surface area (Å²) < 4.78 is 50.1. The van der Waals surface area contributed by atoms with Crippen LogP contribution >= 0.6 is 0 Å². The van der Waals surface area contributed by atoms with Crippen LogP contribution < -0.4 is 15.4 Å². The van der Waals surface area contributed by atoms with Gasteiger partial charge in [0.2, 0.25) is 18.2 Å². The highest BCUT2D eigenvalue weighted by atomic mass is 19.1. The Kier molecular flexibility index (Phi) is 11.7. The minimum atomic E-state index is -1.36. The number of benzene rings is 2. The summed E-state index contributed by atoms with van der Waals surface area (Å²) in [5.74, 6) is 0.294. The molecule has 0 spiro atoms. The van der Waals surface area contributed by atoms with E-state index in [9.17, 15) is 23.9 Å². The van der Waals surface area contributed by atoms with Gasteiger partial charge in [-0.25, -0.2) is 23.5 Å². The number of aromatic nitrogens is 5. The topological polar surface area (TPSA) is 192 Å². The number of fused-ring (bicyclic) bond motifs is 5. The number of amides is 3. The number of halogens is 2. The van der Waals surface area contributed by atoms with Gasteiger partial charge in [0.15, 0.2) is 6.23 Å². The van der Waals surface area contributed by atoms with Crippen LogP contribution in [0, 0.1) is 23.6 Å². The van der Waals surface area contributed by atoms with Crippen LogP contribution in [-0.4, -0.2) is 109 Å². The molecule has 64 heavy (non-hydrogen) atoms. The molecule has 4 aliphatic rings. The van der Waals surface area contributed by atoms with Crippen molar-refractivity contribution >= 4 is 28.8 Å². The third-order valence-corrected chi connectivity index (χ3v) is 13.1. The third-order valence-electron chi connectivity index (χ3n) is 13.1. The predicted molar refractivity (Wildman–Crippen MR) is 231 cm³/mol. The smallest absolute Gasteiger partial charge is 0.407 e. The Morgan fingerprint density at radius 1 is 0.891 bits per heavy atom. The van der Waals surface area contributed by atoms with Crippen LogP contribution in [0.3, 0.4) is 0 Å². The average Bonchev–Trinajstić information content (AvgIpc) is 3.81. The molecule has 1 saturated carbocycles. The van der Waals surface area contributed by atoms with E-state index in [1.54, 1.807) is 17.3 Å². The molecule has 340 valence electrons. The first-order chi connectivity index (χ1) is 30.7. The van der Waals surface area contributed by atoms with Crippen molar-refractivity contribution in [1.29, 1.82) is 0 Å². The quantitative estimate of drug-likeness (QED) is 0.0794. The Hall–Kier alpha value is -5.85. The number of rotatable bonds is 13. The molecule has 3 fully saturated rings. The maximum atomic E-state index is 16.6. The van der Waals surface area contributed by atoms with Crippen LogP contribution in [0.5, 0.6) is 5.75 Å². The minimum Gasteiger partial charge on any atom is -0.469 e. The molecule has 3 aliphatic heterocycles. The summed E-state index contributed by atoms with van der Waals surface area (Å²) in [6.45, 7) is 7.82. The highest BCUT2D eigenvalue weighted by Gasteiger charge is 2.43. The summed E-state index contributed by atoms with van der Waals surface area (Å²) in [5.41, 5.74) is 4.57. The second-order valence-electron chi connectivity index (χ2n) is 18.1. The molecule has 1 aliphatic carbocycles. The molecule has 5 N–H and O–H groups in total. The number of ether oxygens (including phenoxy) is 3. The number of aliphatic hydroxyl groups excluding tert-OH is 1. The molecule has 0 radical (unpaired) electrons. The first kappa shape index (κ1) is 43.4. The maximum Gasteiger partial charge on any atom is 0.407 e. The molecule has 6 heterocycles. The summed E-state index contributed by atoms with van der Waals surface area (Å²) in [7, 11) is 2.58. The third kappa shape index (κ3) is 8.00. The number of imidazole rings is 2. The number of carbonyl (C=O) groups is 3. The van der Waals surface area contributed by atoms with Crippen LogP contribution in [-0.2, 0) is 19.1 Å². The van der Waals surface area contributed by atoms with Crippen molar-refractivity contribution in [2.75, 3.05) is 27.3 Å². The van der Waals surface area contributed by atoms with Crippen molar-refractivity contribution in [3.8, 4) is 39.5 Å². The van der Waals surface area contributed by atoms with E-state index in [2.05, 4.69) is 35.1 Å². The molecule has 2 saturated heterocycles. The van der Waals surface area contributed by atoms with Gasteiger partial charge in [-0.2, -0.15) is 0 Å². The van der Waals surface area contributed by atoms with Gasteiger partial charge in [0.25, 0.3) is 0 Å². The Bertz CT molecular complexity index is 2570. The van der Waals surface area contributed by atoms with Gasteiger partial charge in [0, 0.05) is 42.5 Å². The largest absolute Gasteiger partial charge is 0.469 e. The van der Waals surface area contributed by atoms with Gasteiger partial charge < -0.3 is 49.0 Å². The van der Waals surface area contributed by atoms with Crippen LogP contribution in [0.15, 0.2) is 48.8 Å². The fourth-order valence-electron chi connectivity index (χ4n) is 9.56. The van der Waals surface area contributed by atoms with Crippen LogP contribution in [0.1, 0.15) is 89.8 Å². The van der Waals surface area contributed by atoms with Gasteiger partial charge in [-0.05, 0) is 67.9 Å². The summed E-state index contributed by atoms with van der Waals surface area (Å²) in [5, 5.41) is 16.4. The predicted octanol–water partition coefficient (Wildman–Crippen LogP) is 6.72. The van der Waals surface area contributed by atoms with E-state index in [0.29, 0.717) is 58.6 Å². The molecule has 7 unspecified atom stereocenters. The van der Waals surface area contributed by atoms with Crippen molar-refractivity contribution in [1.82, 2.24) is 44.9 Å². The zero-order chi connectivity index (χ0) is 45.1. The number of nitrogens with one attached hydrogen (secondary N) is 4. The lowest BCUT2D eigenvalue weighted by Gasteiger charge is -2.31. The van der Waals surface area contributed by atoms with E-state index >= 15 is 4.39 Å². The standard InChI is InChI=1S/C46H55F2N9O7/c1-22(2)38(53-45(60)62-5)42(58)55-13-7-8-33(55)40-49-20-31(52-40)26-15-29(48)37-34-16-27-14-25(11-12-32(27)57(34)44(24-9-10-24)64-36(37)17-26)30-19-50-41(51-30)35-18-28(47)21-56(35)43(59)39(23(3)4)54-46(61)63-6/h11-12,14-17,19-20,22-24,28,33,35,38-39,44,46,54,61H,7-10,13,18,21H2,1-6H3,(H,49,52)(H,50,51)(H,53,60). The van der Waals surface area contributed by atoms with Crippen molar-refractivity contribution in [3.05, 3.63) is 66.3 Å². The monoisotopic (exact) mass is 883 g/mol. The summed E-state index contributed by atoms with van der Waals surface area (Å²) in [4.78, 5) is 58.7. The Labute approximate surface area is 369 Å². The number of carbonyl (C=O) groups excluding carboxylic acids is 3. The number of aliphatic hydroxyl groups is 1. The molecule has 7 atom stereocenters. The van der Waals surface area contributed by atoms with E-state index in [0.717, 1.165) is 35.7 Å². The molecule has 3 aromatic heterocycles. The normalized spacial score (nSPS) is 22.1. The van der Waals surface area contributed by atoms with E-state index in [1.807, 2.05) is 58.0 Å². The molecule has 9 rings (SSSR count). The van der Waals surface area contributed by atoms with Crippen LogP contribution in [0.25, 0.3) is 44.7 Å². The first-order valence-electron chi connectivity index (χ1n) is 22.1. The number of aromatic amines is 2. The number of alkyl halides is 1. The van der Waals surface area contributed by atoms with Crippen LogP contribution in [0.4, 0.5) is 13.6 Å². The lowest BCUT2D eigenvalue weighted by molar-refractivity contribution is -0.145. The number of alkyl carbamates (subject to hydrolysis) is 1. The molecule has 5 aromatic rings. The van der Waals surface area contributed by atoms with Crippen molar-refractivity contribution in [2.24, 2.45) is 17.8 Å². The second-order valence-corrected chi connectivity index (χ2v) is 18.1. The van der Waals surface area contributed by atoms with Gasteiger partial charge in [-0.1, -0.05) is 33.8 Å². The lowest BCUT2D eigenvalue weighted by Crippen LogP contribution is -2.53. The lowest BCUT2D eigenvalue weighted by atomic mass is 10.0. The van der Waals surface area contributed by atoms with Gasteiger partial charge in [0.05, 0.1) is 72.3 Å². The number of hydrogen-bond donors (Lipinski definition) is 5. The zero-order valence-electron chi connectivity index (χ0n) is 36.7. The number of likely N-dealkylation sites (tertiary alicyclic amines) is 2. The molecule has 18 heteroatoms. The summed E-state index contributed by atoms with van der Waals surface area (Å²) in [6.07, 6.45) is 3.18. The summed E-state index contributed by atoms with van der Waals surface area (Å²) in [6, 6.07) is 8.69. The van der Waals surface area contributed by atoms with Crippen molar-refractivity contribution in [2.45, 2.75) is 103 Å². The molecular formula is C46H55F2N9O7. The van der Waals surface area contributed by atoms with Gasteiger partial charge in [0.1, 0.15) is 35.4 Å². The van der Waals surface area contributed by atoms with Gasteiger partial charge in [-0.15, -0.1) is 0 Å². The number of nitrogens with zero attached hydrogens (tertiary/aromatic N) is 5. The number of methoxy groups -OCH3 is 2. The molecule has 0 bridgehead atoms. The Morgan fingerprint density at radius 3 is 2.25 bits per heavy atom. The zero-order valence-corrected chi connectivity index (χ0v) is 36.7. The molecule has 3 amide bonds. The Morgan fingerprint density at radius 2 is 1.58 bits per heavy atom. The highest BCUT2D eigenvalue weighted by Crippen LogP contribution is 2.52. The van der Waals surface area contributed by atoms with E-state index < -0.39 is 42.6 Å². The van der Waals surface area contributed by atoms with Crippen molar-refractivity contribution in [3.63, 3.8) is 0 Å². The second kappa shape index (κ2) is 17.3. The SMILES string of the molecule is COC(=O)NC(C(=O)N1CCCC1c1ncc(-c2cc(F)c3c(c2)OC(C2CC2)n2c-3cc3cc(-c4cnc(C5CC(F)CN5C(=O)C(NC(O)OC)C(C)C)[nH]4)ccc32)[nH]1)C(C)C. The number of hydrogen-bond acceptors (Lipinski definition) is 10. The average molecular weight is 884 g/mol. The Balaban J connectivity index is 0.986. The molecular weight excluding hydrogens is 829 g/mol. The fourth-order valence-corrected chi connectivity index (χ4v) is 9.56. The summed E-state index contributed by atoms with van der Waals surface area (Å²) >= 11 is 0. The van der Waals surface area contributed by atoms with E-state index in [1.165, 1.54) is 25.2 Å². The van der Waals surface area contributed by atoms with Crippen LogP contribution in [0.2, 0.25) is 0 Å². The van der Waals surface area contributed by atoms with E-state index in [-0.39, 0.29) is 54.8 Å². The van der Waals surface area contributed by atoms with E-state index in [4.69, 9.17) is 14.2 Å². The fraction of sp³-hybridized carbons (Fsp3) is 0.500. The number of H-pyrrole nitrogens is 2. The van der Waals surface area contributed by atoms with Crippen molar-refractivity contribution < 1.29 is 42.5 Å². The maximum absolute atomic E-state index is 16.6. The molecule has 2 aromatic carbocycles. The minimum absolute atomic E-state index is 0.0784. The van der Waals surface area contributed by atoms with Gasteiger partial charge >= 0.3 is 6.09 Å².